The Morgan fingerprint density at radius 2 is 2.06 bits per heavy atom. The van der Waals surface area contributed by atoms with E-state index in [0.717, 1.165) is 16.0 Å². The average Bonchev–Trinajstić information content (AvgIpc) is 2.20. The molecule has 0 aliphatic rings. The van der Waals surface area contributed by atoms with E-state index in [1.807, 2.05) is 6.07 Å². The van der Waals surface area contributed by atoms with Gasteiger partial charge in [0.05, 0.1) is 5.02 Å². The zero-order chi connectivity index (χ0) is 12.2. The van der Waals surface area contributed by atoms with Crippen molar-refractivity contribution in [3.8, 4) is 0 Å². The molecule has 1 nitrogen and oxygen atoms in total. The summed E-state index contributed by atoms with van der Waals surface area (Å²) in [6.07, 6.45) is 2.38. The van der Waals surface area contributed by atoms with Crippen LogP contribution in [0.2, 0.25) is 5.02 Å². The zero-order valence-corrected chi connectivity index (χ0v) is 12.5. The monoisotopic (exact) mass is 303 g/mol. The third kappa shape index (κ3) is 4.44. The summed E-state index contributed by atoms with van der Waals surface area (Å²) < 4.78 is 0.960. The smallest absolute Gasteiger partial charge is 0.0548 e. The Labute approximate surface area is 112 Å². The summed E-state index contributed by atoms with van der Waals surface area (Å²) in [4.78, 5) is 0. The largest absolute Gasteiger partial charge is 0.308 e. The lowest BCUT2D eigenvalue weighted by Gasteiger charge is -2.26. The lowest BCUT2D eigenvalue weighted by molar-refractivity contribution is 0.357. The van der Waals surface area contributed by atoms with E-state index >= 15 is 0 Å². The Hall–Kier alpha value is -0.0500. The van der Waals surface area contributed by atoms with Crippen molar-refractivity contribution < 1.29 is 0 Å². The first-order valence-corrected chi connectivity index (χ1v) is 6.80. The van der Waals surface area contributed by atoms with Gasteiger partial charge in [-0.25, -0.2) is 0 Å². The molecule has 0 aromatic heterocycles. The topological polar surface area (TPSA) is 12.0 Å². The van der Waals surface area contributed by atoms with Gasteiger partial charge in [0, 0.05) is 16.6 Å². The number of hydrogen-bond donors (Lipinski definition) is 1. The van der Waals surface area contributed by atoms with E-state index in [-0.39, 0.29) is 5.54 Å². The maximum atomic E-state index is 5.95. The number of halogens is 2. The minimum atomic E-state index is 0.195. The standard InChI is InChI=1S/C13H19BrClN/c1-4-7-13(2,3)16-9-10-5-6-12(15)11(14)8-10/h5-6,8,16H,4,7,9H2,1-3H3. The molecule has 0 saturated heterocycles. The van der Waals surface area contributed by atoms with E-state index in [2.05, 4.69) is 54.2 Å². The summed E-state index contributed by atoms with van der Waals surface area (Å²) in [6.45, 7) is 7.56. The maximum Gasteiger partial charge on any atom is 0.0548 e. The molecule has 0 bridgehead atoms. The third-order valence-corrected chi connectivity index (χ3v) is 3.84. The average molecular weight is 305 g/mol. The molecule has 0 unspecified atom stereocenters. The second-order valence-corrected chi connectivity index (χ2v) is 6.00. The fourth-order valence-electron chi connectivity index (χ4n) is 1.70. The van der Waals surface area contributed by atoms with Crippen molar-refractivity contribution >= 4 is 27.5 Å². The Balaban J connectivity index is 2.57. The molecule has 0 radical (unpaired) electrons. The van der Waals surface area contributed by atoms with E-state index < -0.39 is 0 Å². The van der Waals surface area contributed by atoms with Crippen molar-refractivity contribution in [2.45, 2.75) is 45.7 Å². The predicted molar refractivity (Wildman–Crippen MR) is 75.0 cm³/mol. The highest BCUT2D eigenvalue weighted by Crippen LogP contribution is 2.23. The minimum absolute atomic E-state index is 0.195. The predicted octanol–water partition coefficient (Wildman–Crippen LogP) is 4.77. The lowest BCUT2D eigenvalue weighted by Crippen LogP contribution is -2.38. The zero-order valence-electron chi connectivity index (χ0n) is 10.1. The van der Waals surface area contributed by atoms with Gasteiger partial charge in [0.25, 0.3) is 0 Å². The Bertz CT molecular complexity index is 350. The molecule has 16 heavy (non-hydrogen) atoms. The van der Waals surface area contributed by atoms with Gasteiger partial charge in [-0.1, -0.05) is 31.0 Å². The normalized spacial score (nSPS) is 11.8. The number of hydrogen-bond acceptors (Lipinski definition) is 1. The van der Waals surface area contributed by atoms with Crippen LogP contribution in [0.3, 0.4) is 0 Å². The van der Waals surface area contributed by atoms with Gasteiger partial charge >= 0.3 is 0 Å². The lowest BCUT2D eigenvalue weighted by atomic mass is 9.98. The van der Waals surface area contributed by atoms with Crippen LogP contribution < -0.4 is 5.32 Å². The maximum absolute atomic E-state index is 5.95. The number of nitrogens with one attached hydrogen (secondary N) is 1. The van der Waals surface area contributed by atoms with Gasteiger partial charge in [-0.2, -0.15) is 0 Å². The van der Waals surface area contributed by atoms with E-state index in [1.54, 1.807) is 0 Å². The molecule has 3 heteroatoms. The van der Waals surface area contributed by atoms with Crippen LogP contribution in [0.4, 0.5) is 0 Å². The van der Waals surface area contributed by atoms with E-state index in [4.69, 9.17) is 11.6 Å². The molecule has 0 atom stereocenters. The second kappa shape index (κ2) is 6.04. The van der Waals surface area contributed by atoms with Gasteiger partial charge in [-0.3, -0.25) is 0 Å². The molecular weight excluding hydrogens is 286 g/mol. The first-order chi connectivity index (χ1) is 7.44. The molecule has 1 N–H and O–H groups in total. The highest BCUT2D eigenvalue weighted by molar-refractivity contribution is 9.10. The summed E-state index contributed by atoms with van der Waals surface area (Å²) in [5, 5.41) is 4.32. The van der Waals surface area contributed by atoms with Crippen LogP contribution in [-0.2, 0) is 6.54 Å². The van der Waals surface area contributed by atoms with E-state index in [1.165, 1.54) is 18.4 Å². The van der Waals surface area contributed by atoms with Crippen molar-refractivity contribution in [2.24, 2.45) is 0 Å². The molecule has 0 heterocycles. The molecule has 0 amide bonds. The molecule has 1 aromatic rings. The van der Waals surface area contributed by atoms with Gasteiger partial charge in [0.15, 0.2) is 0 Å². The third-order valence-electron chi connectivity index (χ3n) is 2.63. The molecule has 0 spiro atoms. The summed E-state index contributed by atoms with van der Waals surface area (Å²) in [5.74, 6) is 0. The number of rotatable bonds is 5. The molecule has 0 aliphatic heterocycles. The van der Waals surface area contributed by atoms with Crippen LogP contribution in [0, 0.1) is 0 Å². The molecule has 0 fully saturated rings. The van der Waals surface area contributed by atoms with Crippen LogP contribution in [0.5, 0.6) is 0 Å². The van der Waals surface area contributed by atoms with Crippen LogP contribution in [-0.4, -0.2) is 5.54 Å². The highest BCUT2D eigenvalue weighted by Gasteiger charge is 2.15. The molecule has 90 valence electrons. The molecule has 1 rings (SSSR count). The van der Waals surface area contributed by atoms with Gasteiger partial charge in [-0.05, 0) is 53.9 Å². The van der Waals surface area contributed by atoms with Crippen molar-refractivity contribution in [1.29, 1.82) is 0 Å². The van der Waals surface area contributed by atoms with Crippen molar-refractivity contribution in [3.63, 3.8) is 0 Å². The highest BCUT2D eigenvalue weighted by atomic mass is 79.9. The Morgan fingerprint density at radius 3 is 2.62 bits per heavy atom. The molecular formula is C13H19BrClN. The van der Waals surface area contributed by atoms with Crippen LogP contribution in [0.15, 0.2) is 22.7 Å². The van der Waals surface area contributed by atoms with Crippen LogP contribution in [0.1, 0.15) is 39.2 Å². The van der Waals surface area contributed by atoms with E-state index in [9.17, 15) is 0 Å². The Kier molecular flexibility index (Phi) is 5.29. The molecule has 1 aromatic carbocycles. The fraction of sp³-hybridized carbons (Fsp3) is 0.538. The van der Waals surface area contributed by atoms with Crippen molar-refractivity contribution in [1.82, 2.24) is 5.32 Å². The van der Waals surface area contributed by atoms with E-state index in [0.29, 0.717) is 0 Å². The van der Waals surface area contributed by atoms with Gasteiger partial charge in [0.2, 0.25) is 0 Å². The van der Waals surface area contributed by atoms with Gasteiger partial charge < -0.3 is 5.32 Å². The summed E-state index contributed by atoms with van der Waals surface area (Å²) in [6, 6.07) is 6.05. The van der Waals surface area contributed by atoms with Gasteiger partial charge in [-0.15, -0.1) is 0 Å². The minimum Gasteiger partial charge on any atom is -0.308 e. The quantitative estimate of drug-likeness (QED) is 0.826. The SMILES string of the molecule is CCCC(C)(C)NCc1ccc(Cl)c(Br)c1. The van der Waals surface area contributed by atoms with Crippen molar-refractivity contribution in [3.05, 3.63) is 33.3 Å². The molecule has 0 aliphatic carbocycles. The second-order valence-electron chi connectivity index (χ2n) is 4.74. The molecule has 0 saturated carbocycles. The fourth-order valence-corrected chi connectivity index (χ4v) is 2.25. The summed E-state index contributed by atoms with van der Waals surface area (Å²) in [7, 11) is 0. The first-order valence-electron chi connectivity index (χ1n) is 5.63. The number of benzene rings is 1. The Morgan fingerprint density at radius 1 is 1.38 bits per heavy atom. The summed E-state index contributed by atoms with van der Waals surface area (Å²) >= 11 is 9.39. The van der Waals surface area contributed by atoms with Crippen LogP contribution >= 0.6 is 27.5 Å². The van der Waals surface area contributed by atoms with Crippen LogP contribution in [0.25, 0.3) is 0 Å². The van der Waals surface area contributed by atoms with Crippen molar-refractivity contribution in [2.75, 3.05) is 0 Å². The first kappa shape index (κ1) is 14.0. The van der Waals surface area contributed by atoms with Gasteiger partial charge in [0.1, 0.15) is 0 Å². The summed E-state index contributed by atoms with van der Waals surface area (Å²) in [5.41, 5.74) is 1.45.